The minimum Gasteiger partial charge on any atom is -0.237 e. The van der Waals surface area contributed by atoms with Gasteiger partial charge in [-0.25, -0.2) is 19.2 Å². The summed E-state index contributed by atoms with van der Waals surface area (Å²) in [5.74, 6) is 0.754. The van der Waals surface area contributed by atoms with Crippen molar-refractivity contribution in [2.24, 2.45) is 0 Å². The van der Waals surface area contributed by atoms with Gasteiger partial charge in [-0.2, -0.15) is 10.2 Å². The first-order valence-corrected chi connectivity index (χ1v) is 8.46. The first-order chi connectivity index (χ1) is 11.7. The number of hydrogen-bond donors (Lipinski definition) is 0. The maximum Gasteiger partial charge on any atom is 0.163 e. The van der Waals surface area contributed by atoms with E-state index >= 15 is 0 Å². The lowest BCUT2D eigenvalue weighted by Gasteiger charge is -2.03. The Balaban J connectivity index is 1.80. The summed E-state index contributed by atoms with van der Waals surface area (Å²) in [6.07, 6.45) is 10.3. The largest absolute Gasteiger partial charge is 0.237 e. The lowest BCUT2D eigenvalue weighted by atomic mass is 10.1. The van der Waals surface area contributed by atoms with Crippen LogP contribution in [0.15, 0.2) is 47.6 Å². The van der Waals surface area contributed by atoms with Gasteiger partial charge in [0, 0.05) is 39.9 Å². The SMILES string of the molecule is CCc1cn2ncc(-c3cnn(-c4cc(Br)ccn4)c3)c2nc1C. The third-order valence-electron chi connectivity index (χ3n) is 4.00. The molecule has 4 heterocycles. The van der Waals surface area contributed by atoms with Crippen molar-refractivity contribution in [3.05, 3.63) is 58.8 Å². The van der Waals surface area contributed by atoms with Crippen molar-refractivity contribution in [2.75, 3.05) is 0 Å². The van der Waals surface area contributed by atoms with Gasteiger partial charge in [-0.15, -0.1) is 0 Å². The van der Waals surface area contributed by atoms with Crippen LogP contribution in [0, 0.1) is 6.92 Å². The third kappa shape index (κ3) is 2.50. The van der Waals surface area contributed by atoms with E-state index in [4.69, 9.17) is 4.98 Å². The molecule has 0 amide bonds. The molecular weight excluding hydrogens is 368 g/mol. The molecule has 4 aromatic heterocycles. The van der Waals surface area contributed by atoms with Gasteiger partial charge >= 0.3 is 0 Å². The number of aromatic nitrogens is 6. The van der Waals surface area contributed by atoms with Crippen LogP contribution in [0.2, 0.25) is 0 Å². The van der Waals surface area contributed by atoms with Crippen LogP contribution in [-0.4, -0.2) is 29.4 Å². The molecule has 0 atom stereocenters. The highest BCUT2D eigenvalue weighted by Gasteiger charge is 2.13. The van der Waals surface area contributed by atoms with Gasteiger partial charge in [-0.1, -0.05) is 22.9 Å². The van der Waals surface area contributed by atoms with Crippen LogP contribution in [-0.2, 0) is 6.42 Å². The predicted octanol–water partition coefficient (Wildman–Crippen LogP) is 3.61. The van der Waals surface area contributed by atoms with Crippen LogP contribution >= 0.6 is 15.9 Å². The molecule has 0 unspecified atom stereocenters. The molecule has 0 radical (unpaired) electrons. The van der Waals surface area contributed by atoms with Gasteiger partial charge in [-0.05, 0) is 31.0 Å². The smallest absolute Gasteiger partial charge is 0.163 e. The molecule has 4 aromatic rings. The van der Waals surface area contributed by atoms with Gasteiger partial charge in [0.1, 0.15) is 0 Å². The molecule has 0 aliphatic heterocycles. The molecule has 24 heavy (non-hydrogen) atoms. The highest BCUT2D eigenvalue weighted by molar-refractivity contribution is 9.10. The summed E-state index contributed by atoms with van der Waals surface area (Å²) in [5.41, 5.74) is 5.00. The van der Waals surface area contributed by atoms with Gasteiger partial charge in [0.25, 0.3) is 0 Å². The fourth-order valence-corrected chi connectivity index (χ4v) is 3.01. The van der Waals surface area contributed by atoms with E-state index in [-0.39, 0.29) is 0 Å². The number of fused-ring (bicyclic) bond motifs is 1. The van der Waals surface area contributed by atoms with Gasteiger partial charge in [0.15, 0.2) is 11.5 Å². The van der Waals surface area contributed by atoms with Crippen LogP contribution in [0.5, 0.6) is 0 Å². The monoisotopic (exact) mass is 382 g/mol. The van der Waals surface area contributed by atoms with Crippen molar-refractivity contribution in [1.29, 1.82) is 0 Å². The fraction of sp³-hybridized carbons (Fsp3) is 0.176. The minimum absolute atomic E-state index is 0.754. The van der Waals surface area contributed by atoms with E-state index in [2.05, 4.69) is 38.0 Å². The molecule has 6 nitrogen and oxygen atoms in total. The quantitative estimate of drug-likeness (QED) is 0.542. The fourth-order valence-electron chi connectivity index (χ4n) is 2.69. The van der Waals surface area contributed by atoms with E-state index in [1.165, 1.54) is 5.56 Å². The van der Waals surface area contributed by atoms with Crippen LogP contribution < -0.4 is 0 Å². The maximum absolute atomic E-state index is 4.72. The van der Waals surface area contributed by atoms with Gasteiger partial charge < -0.3 is 0 Å². The second-order valence-electron chi connectivity index (χ2n) is 5.54. The zero-order valence-electron chi connectivity index (χ0n) is 13.3. The zero-order chi connectivity index (χ0) is 16.7. The Labute approximate surface area is 147 Å². The first kappa shape index (κ1) is 15.0. The lowest BCUT2D eigenvalue weighted by molar-refractivity contribution is 0.846. The number of rotatable bonds is 3. The zero-order valence-corrected chi connectivity index (χ0v) is 14.9. The van der Waals surface area contributed by atoms with Crippen molar-refractivity contribution in [3.8, 4) is 16.9 Å². The summed E-state index contributed by atoms with van der Waals surface area (Å²) in [6, 6.07) is 3.81. The minimum atomic E-state index is 0.754. The topological polar surface area (TPSA) is 60.9 Å². The average Bonchev–Trinajstić information content (AvgIpc) is 3.20. The summed E-state index contributed by atoms with van der Waals surface area (Å²) < 4.78 is 4.54. The van der Waals surface area contributed by atoms with Gasteiger partial charge in [0.2, 0.25) is 0 Å². The van der Waals surface area contributed by atoms with Crippen molar-refractivity contribution >= 4 is 21.6 Å². The highest BCUT2D eigenvalue weighted by Crippen LogP contribution is 2.25. The molecule has 0 fully saturated rings. The Kier molecular flexibility index (Phi) is 3.65. The molecule has 0 aliphatic carbocycles. The maximum atomic E-state index is 4.72. The van der Waals surface area contributed by atoms with Crippen LogP contribution in [0.3, 0.4) is 0 Å². The molecule has 0 saturated heterocycles. The van der Waals surface area contributed by atoms with Crippen LogP contribution in [0.25, 0.3) is 22.6 Å². The molecule has 7 heteroatoms. The molecule has 0 N–H and O–H groups in total. The Morgan fingerprint density at radius 2 is 2.04 bits per heavy atom. The van der Waals surface area contributed by atoms with Crippen LogP contribution in [0.1, 0.15) is 18.2 Å². The van der Waals surface area contributed by atoms with E-state index in [9.17, 15) is 0 Å². The third-order valence-corrected chi connectivity index (χ3v) is 4.50. The number of halogens is 1. The van der Waals surface area contributed by atoms with E-state index in [0.717, 1.165) is 39.2 Å². The summed E-state index contributed by atoms with van der Waals surface area (Å²) in [5, 5.41) is 8.85. The molecule has 120 valence electrons. The van der Waals surface area contributed by atoms with Crippen LogP contribution in [0.4, 0.5) is 0 Å². The summed E-state index contributed by atoms with van der Waals surface area (Å²) in [4.78, 5) is 9.06. The molecule has 0 bridgehead atoms. The van der Waals surface area contributed by atoms with E-state index < -0.39 is 0 Å². The highest BCUT2D eigenvalue weighted by atomic mass is 79.9. The average molecular weight is 383 g/mol. The Hall–Kier alpha value is -2.54. The first-order valence-electron chi connectivity index (χ1n) is 7.66. The lowest BCUT2D eigenvalue weighted by Crippen LogP contribution is -1.98. The Morgan fingerprint density at radius 3 is 2.83 bits per heavy atom. The molecule has 4 rings (SSSR count). The molecular formula is C17H15BrN6. The molecule has 0 saturated carbocycles. The van der Waals surface area contributed by atoms with E-state index in [0.29, 0.717) is 0 Å². The van der Waals surface area contributed by atoms with E-state index in [1.807, 2.05) is 48.4 Å². The van der Waals surface area contributed by atoms with Gasteiger partial charge in [0.05, 0.1) is 12.4 Å². The standard InChI is InChI=1S/C17H15BrN6/c1-3-12-9-24-17(22-11(12)2)15(8-21-24)13-7-20-23(10-13)16-6-14(18)4-5-19-16/h4-10H,3H2,1-2H3. The van der Waals surface area contributed by atoms with Crippen molar-refractivity contribution in [2.45, 2.75) is 20.3 Å². The number of hydrogen-bond acceptors (Lipinski definition) is 4. The molecule has 0 spiro atoms. The Bertz CT molecular complexity index is 1030. The van der Waals surface area contributed by atoms with Crippen molar-refractivity contribution in [3.63, 3.8) is 0 Å². The van der Waals surface area contributed by atoms with Gasteiger partial charge in [-0.3, -0.25) is 0 Å². The molecule has 0 aliphatic rings. The normalized spacial score (nSPS) is 11.3. The van der Waals surface area contributed by atoms with Crippen molar-refractivity contribution < 1.29 is 0 Å². The molecule has 0 aromatic carbocycles. The summed E-state index contributed by atoms with van der Waals surface area (Å²) in [7, 11) is 0. The second kappa shape index (κ2) is 5.83. The Morgan fingerprint density at radius 1 is 1.17 bits per heavy atom. The number of nitrogens with zero attached hydrogens (tertiary/aromatic N) is 6. The summed E-state index contributed by atoms with van der Waals surface area (Å²) in [6.45, 7) is 4.15. The number of pyridine rings is 1. The van der Waals surface area contributed by atoms with Crippen molar-refractivity contribution in [1.82, 2.24) is 29.4 Å². The second-order valence-corrected chi connectivity index (χ2v) is 6.45. The predicted molar refractivity (Wildman–Crippen MR) is 95.2 cm³/mol. The number of aryl methyl sites for hydroxylation is 2. The van der Waals surface area contributed by atoms with E-state index in [1.54, 1.807) is 10.9 Å². The summed E-state index contributed by atoms with van der Waals surface area (Å²) >= 11 is 3.45.